The monoisotopic (exact) mass is 434 g/mol. The number of halogens is 1. The lowest BCUT2D eigenvalue weighted by Gasteiger charge is -2.25. The molecule has 1 heterocycles. The molecule has 4 nitrogen and oxygen atoms in total. The number of nitrogens with zero attached hydrogens (tertiary/aromatic N) is 1. The van der Waals surface area contributed by atoms with E-state index < -0.39 is 6.04 Å². The second-order valence-electron chi connectivity index (χ2n) is 6.76. The zero-order chi connectivity index (χ0) is 19.5. The molecule has 0 radical (unpaired) electrons. The summed E-state index contributed by atoms with van der Waals surface area (Å²) in [7, 11) is 0. The number of hydrogen-bond donors (Lipinski definition) is 1. The normalized spacial score (nSPS) is 15.4. The Morgan fingerprint density at radius 2 is 1.57 bits per heavy atom. The maximum Gasteiger partial charge on any atom is 0.255 e. The minimum absolute atomic E-state index is 0.119. The van der Waals surface area contributed by atoms with E-state index in [4.69, 9.17) is 0 Å². The van der Waals surface area contributed by atoms with Crippen LogP contribution in [0.5, 0.6) is 0 Å². The molecule has 28 heavy (non-hydrogen) atoms. The van der Waals surface area contributed by atoms with Crippen molar-refractivity contribution in [1.29, 1.82) is 0 Å². The highest BCUT2D eigenvalue weighted by Crippen LogP contribution is 2.36. The fourth-order valence-electron chi connectivity index (χ4n) is 3.50. The minimum Gasteiger partial charge on any atom is -0.350 e. The lowest BCUT2D eigenvalue weighted by atomic mass is 10.0. The van der Waals surface area contributed by atoms with E-state index in [1.54, 1.807) is 11.0 Å². The van der Waals surface area contributed by atoms with Gasteiger partial charge >= 0.3 is 0 Å². The van der Waals surface area contributed by atoms with Gasteiger partial charge in [0.05, 0.1) is 0 Å². The third-order valence-corrected chi connectivity index (χ3v) is 5.36. The van der Waals surface area contributed by atoms with Gasteiger partial charge in [-0.1, -0.05) is 76.6 Å². The largest absolute Gasteiger partial charge is 0.350 e. The molecule has 3 aromatic carbocycles. The Hall–Kier alpha value is -2.92. The predicted molar refractivity (Wildman–Crippen MR) is 111 cm³/mol. The van der Waals surface area contributed by atoms with Gasteiger partial charge in [-0.25, -0.2) is 0 Å². The van der Waals surface area contributed by atoms with Gasteiger partial charge in [0.25, 0.3) is 5.91 Å². The van der Waals surface area contributed by atoms with Crippen LogP contribution >= 0.6 is 15.9 Å². The molecule has 0 aliphatic carbocycles. The number of carbonyl (C=O) groups is 2. The zero-order valence-corrected chi connectivity index (χ0v) is 16.7. The highest BCUT2D eigenvalue weighted by Gasteiger charge is 2.41. The molecule has 4 rings (SSSR count). The van der Waals surface area contributed by atoms with Gasteiger partial charge in [0.15, 0.2) is 0 Å². The van der Waals surface area contributed by atoms with Gasteiger partial charge in [-0.15, -0.1) is 0 Å². The number of benzene rings is 3. The van der Waals surface area contributed by atoms with Crippen molar-refractivity contribution in [2.45, 2.75) is 19.1 Å². The van der Waals surface area contributed by atoms with Crippen molar-refractivity contribution < 1.29 is 9.59 Å². The van der Waals surface area contributed by atoms with Gasteiger partial charge in [0, 0.05) is 23.1 Å². The van der Waals surface area contributed by atoms with Crippen molar-refractivity contribution >= 4 is 27.7 Å². The minimum atomic E-state index is -0.649. The van der Waals surface area contributed by atoms with E-state index in [0.717, 1.165) is 21.2 Å². The van der Waals surface area contributed by atoms with Crippen molar-refractivity contribution in [3.05, 3.63) is 106 Å². The molecule has 0 fully saturated rings. The molecule has 3 aromatic rings. The topological polar surface area (TPSA) is 49.4 Å². The number of amides is 2. The van der Waals surface area contributed by atoms with Crippen LogP contribution in [-0.2, 0) is 17.9 Å². The molecule has 0 saturated carbocycles. The number of carbonyl (C=O) groups excluding carboxylic acids is 2. The molecule has 1 aliphatic heterocycles. The predicted octanol–water partition coefficient (Wildman–Crippen LogP) is 4.46. The van der Waals surface area contributed by atoms with Gasteiger partial charge in [0.1, 0.15) is 6.04 Å². The maximum absolute atomic E-state index is 13.1. The first-order valence-electron chi connectivity index (χ1n) is 9.09. The third-order valence-electron chi connectivity index (χ3n) is 4.86. The Labute approximate surface area is 172 Å². The molecule has 1 N–H and O–H groups in total. The van der Waals surface area contributed by atoms with E-state index in [1.807, 2.05) is 72.8 Å². The molecule has 0 spiro atoms. The van der Waals surface area contributed by atoms with Gasteiger partial charge < -0.3 is 10.2 Å². The SMILES string of the molecule is O=C(NCc1ccccc1)C1c2cc(Br)ccc2C(=O)N1Cc1ccccc1. The summed E-state index contributed by atoms with van der Waals surface area (Å²) in [6, 6.07) is 24.3. The molecule has 0 aromatic heterocycles. The Kier molecular flexibility index (Phi) is 5.26. The molecule has 1 unspecified atom stereocenters. The van der Waals surface area contributed by atoms with Gasteiger partial charge in [-0.2, -0.15) is 0 Å². The first-order valence-corrected chi connectivity index (χ1v) is 9.89. The zero-order valence-electron chi connectivity index (χ0n) is 15.1. The smallest absolute Gasteiger partial charge is 0.255 e. The van der Waals surface area contributed by atoms with Crippen molar-refractivity contribution in [2.75, 3.05) is 0 Å². The third kappa shape index (κ3) is 3.71. The van der Waals surface area contributed by atoms with Crippen LogP contribution in [0.25, 0.3) is 0 Å². The van der Waals surface area contributed by atoms with Crippen LogP contribution < -0.4 is 5.32 Å². The fraction of sp³-hybridized carbons (Fsp3) is 0.130. The lowest BCUT2D eigenvalue weighted by Crippen LogP contribution is -2.38. The second kappa shape index (κ2) is 7.98. The Morgan fingerprint density at radius 3 is 2.25 bits per heavy atom. The molecule has 0 saturated heterocycles. The van der Waals surface area contributed by atoms with Crippen LogP contribution in [0.1, 0.15) is 33.1 Å². The van der Waals surface area contributed by atoms with Crippen LogP contribution in [0, 0.1) is 0 Å². The molecule has 2 amide bonds. The molecule has 140 valence electrons. The van der Waals surface area contributed by atoms with E-state index >= 15 is 0 Å². The number of rotatable bonds is 5. The van der Waals surface area contributed by atoms with Crippen molar-refractivity contribution in [1.82, 2.24) is 10.2 Å². The van der Waals surface area contributed by atoms with E-state index in [0.29, 0.717) is 18.7 Å². The van der Waals surface area contributed by atoms with Gasteiger partial charge in [0.2, 0.25) is 5.91 Å². The highest BCUT2D eigenvalue weighted by atomic mass is 79.9. The summed E-state index contributed by atoms with van der Waals surface area (Å²) in [6.45, 7) is 0.808. The molecule has 1 aliphatic rings. The van der Waals surface area contributed by atoms with Crippen LogP contribution in [-0.4, -0.2) is 16.7 Å². The lowest BCUT2D eigenvalue weighted by molar-refractivity contribution is -0.125. The standard InChI is InChI=1S/C23H19BrN2O2/c24-18-11-12-19-20(13-18)21(22(27)25-14-16-7-3-1-4-8-16)26(23(19)28)15-17-9-5-2-6-10-17/h1-13,21H,14-15H2,(H,25,27). The van der Waals surface area contributed by atoms with Gasteiger partial charge in [-0.05, 0) is 34.9 Å². The number of hydrogen-bond acceptors (Lipinski definition) is 2. The van der Waals surface area contributed by atoms with Crippen molar-refractivity contribution in [3.8, 4) is 0 Å². The summed E-state index contributed by atoms with van der Waals surface area (Å²) in [6.07, 6.45) is 0. The summed E-state index contributed by atoms with van der Waals surface area (Å²) in [5.74, 6) is -0.295. The molecule has 5 heteroatoms. The number of fused-ring (bicyclic) bond motifs is 1. The Bertz CT molecular complexity index is 1010. The summed E-state index contributed by atoms with van der Waals surface area (Å²) in [5, 5.41) is 2.99. The van der Waals surface area contributed by atoms with E-state index in [1.165, 1.54) is 0 Å². The fourth-order valence-corrected chi connectivity index (χ4v) is 3.88. The number of nitrogens with one attached hydrogen (secondary N) is 1. The van der Waals surface area contributed by atoms with E-state index in [-0.39, 0.29) is 11.8 Å². The van der Waals surface area contributed by atoms with Crippen LogP contribution in [0.2, 0.25) is 0 Å². The van der Waals surface area contributed by atoms with Crippen LogP contribution in [0.3, 0.4) is 0 Å². The average molecular weight is 435 g/mol. The maximum atomic E-state index is 13.1. The summed E-state index contributed by atoms with van der Waals surface area (Å²) < 4.78 is 0.849. The molecule has 0 bridgehead atoms. The first kappa shape index (κ1) is 18.4. The molecular formula is C23H19BrN2O2. The van der Waals surface area contributed by atoms with E-state index in [9.17, 15) is 9.59 Å². The Morgan fingerprint density at radius 1 is 0.929 bits per heavy atom. The quantitative estimate of drug-likeness (QED) is 0.644. The molecule has 1 atom stereocenters. The van der Waals surface area contributed by atoms with E-state index in [2.05, 4.69) is 21.2 Å². The summed E-state index contributed by atoms with van der Waals surface area (Å²) in [4.78, 5) is 27.8. The summed E-state index contributed by atoms with van der Waals surface area (Å²) in [5.41, 5.74) is 3.33. The van der Waals surface area contributed by atoms with Crippen LogP contribution in [0.4, 0.5) is 0 Å². The average Bonchev–Trinajstić information content (AvgIpc) is 2.99. The summed E-state index contributed by atoms with van der Waals surface area (Å²) >= 11 is 3.46. The van der Waals surface area contributed by atoms with Crippen LogP contribution in [0.15, 0.2) is 83.3 Å². The first-order chi connectivity index (χ1) is 13.6. The molecular weight excluding hydrogens is 416 g/mol. The highest BCUT2D eigenvalue weighted by molar-refractivity contribution is 9.10. The van der Waals surface area contributed by atoms with Crippen molar-refractivity contribution in [3.63, 3.8) is 0 Å². The second-order valence-corrected chi connectivity index (χ2v) is 7.67. The van der Waals surface area contributed by atoms with Crippen molar-refractivity contribution in [2.24, 2.45) is 0 Å². The Balaban J connectivity index is 1.63. The van der Waals surface area contributed by atoms with Gasteiger partial charge in [-0.3, -0.25) is 9.59 Å².